The summed E-state index contributed by atoms with van der Waals surface area (Å²) in [6.07, 6.45) is 0. The van der Waals surface area contributed by atoms with Gasteiger partial charge in [-0.3, -0.25) is 9.79 Å². The topological polar surface area (TPSA) is 38.7 Å². The predicted octanol–water partition coefficient (Wildman–Crippen LogP) is 1.64. The van der Waals surface area contributed by atoms with E-state index in [0.29, 0.717) is 13.2 Å². The Hall–Kier alpha value is -0.570. The Morgan fingerprint density at radius 2 is 2.17 bits per heavy atom. The van der Waals surface area contributed by atoms with Gasteiger partial charge in [0.15, 0.2) is 0 Å². The zero-order valence-corrected chi connectivity index (χ0v) is 8.39. The minimum atomic E-state index is -0.572. The van der Waals surface area contributed by atoms with Crippen molar-refractivity contribution in [3.8, 4) is 0 Å². The average molecular weight is 192 g/mol. The van der Waals surface area contributed by atoms with Gasteiger partial charge in [0.05, 0.1) is 6.54 Å². The normalized spacial score (nSPS) is 12.0. The van der Waals surface area contributed by atoms with Crippen molar-refractivity contribution >= 4 is 23.3 Å². The summed E-state index contributed by atoms with van der Waals surface area (Å²) in [4.78, 5) is 14.8. The van der Waals surface area contributed by atoms with Crippen LogP contribution in [0.3, 0.4) is 0 Å². The summed E-state index contributed by atoms with van der Waals surface area (Å²) in [7, 11) is 0. The number of carbonyl (C=O) groups excluding carboxylic acids is 1. The van der Waals surface area contributed by atoms with Gasteiger partial charge in [-0.05, 0) is 20.8 Å². The summed E-state index contributed by atoms with van der Waals surface area (Å²) in [5.41, 5.74) is 0.977. The molecule has 0 aromatic heterocycles. The molecule has 0 aliphatic carbocycles. The highest BCUT2D eigenvalue weighted by atomic mass is 35.5. The molecule has 0 bridgehead atoms. The number of alkyl halides is 1. The lowest BCUT2D eigenvalue weighted by molar-refractivity contribution is -0.142. The summed E-state index contributed by atoms with van der Waals surface area (Å²) in [5.74, 6) is -0.388. The molecular weight excluding hydrogens is 178 g/mol. The molecular formula is C8H14ClNO2. The van der Waals surface area contributed by atoms with E-state index in [1.807, 2.05) is 13.8 Å². The Bertz CT molecular complexity index is 174. The predicted molar refractivity (Wildman–Crippen MR) is 49.9 cm³/mol. The molecule has 0 N–H and O–H groups in total. The van der Waals surface area contributed by atoms with Crippen LogP contribution in [0.2, 0.25) is 0 Å². The first-order chi connectivity index (χ1) is 5.54. The van der Waals surface area contributed by atoms with Crippen molar-refractivity contribution in [3.63, 3.8) is 0 Å². The van der Waals surface area contributed by atoms with Crippen LogP contribution in [0.5, 0.6) is 0 Å². The molecule has 4 heteroatoms. The Kier molecular flexibility index (Phi) is 5.72. The molecule has 0 amide bonds. The zero-order valence-electron chi connectivity index (χ0n) is 7.63. The third-order valence-electron chi connectivity index (χ3n) is 1.09. The monoisotopic (exact) mass is 191 g/mol. The molecule has 0 heterocycles. The third-order valence-corrected chi connectivity index (χ3v) is 1.27. The van der Waals surface area contributed by atoms with Crippen molar-refractivity contribution in [2.45, 2.75) is 26.1 Å². The van der Waals surface area contributed by atoms with E-state index in [1.165, 1.54) is 0 Å². The van der Waals surface area contributed by atoms with Crippen LogP contribution in [-0.2, 0) is 9.53 Å². The van der Waals surface area contributed by atoms with Crippen molar-refractivity contribution in [2.75, 3.05) is 13.2 Å². The maximum atomic E-state index is 10.8. The highest BCUT2D eigenvalue weighted by Crippen LogP contribution is 1.96. The molecule has 1 atom stereocenters. The van der Waals surface area contributed by atoms with Crippen molar-refractivity contribution < 1.29 is 9.53 Å². The average Bonchev–Trinajstić information content (AvgIpc) is 1.97. The lowest BCUT2D eigenvalue weighted by Crippen LogP contribution is -2.16. The van der Waals surface area contributed by atoms with Crippen LogP contribution in [0.15, 0.2) is 4.99 Å². The first-order valence-corrected chi connectivity index (χ1v) is 4.26. The lowest BCUT2D eigenvalue weighted by atomic mass is 10.5. The SMILES string of the molecule is CC(C)=NCCOC(=O)C(C)Cl. The molecule has 0 aromatic rings. The maximum absolute atomic E-state index is 10.8. The van der Waals surface area contributed by atoms with Crippen LogP contribution in [-0.4, -0.2) is 30.2 Å². The zero-order chi connectivity index (χ0) is 9.56. The van der Waals surface area contributed by atoms with Gasteiger partial charge in [-0.15, -0.1) is 11.6 Å². The highest BCUT2D eigenvalue weighted by Gasteiger charge is 2.08. The quantitative estimate of drug-likeness (QED) is 0.293. The van der Waals surface area contributed by atoms with Gasteiger partial charge in [-0.25, -0.2) is 0 Å². The van der Waals surface area contributed by atoms with E-state index in [4.69, 9.17) is 16.3 Å². The van der Waals surface area contributed by atoms with E-state index >= 15 is 0 Å². The Balaban J connectivity index is 3.45. The minimum absolute atomic E-state index is 0.307. The molecule has 0 spiro atoms. The van der Waals surface area contributed by atoms with Crippen LogP contribution in [0.4, 0.5) is 0 Å². The molecule has 0 aliphatic rings. The standard InChI is InChI=1S/C8H14ClNO2/c1-6(2)10-4-5-12-8(11)7(3)9/h7H,4-5H2,1-3H3. The first kappa shape index (κ1) is 11.4. The number of hydrogen-bond acceptors (Lipinski definition) is 3. The number of aliphatic imine (C=N–C) groups is 1. The number of carbonyl (C=O) groups is 1. The molecule has 0 aliphatic heterocycles. The van der Waals surface area contributed by atoms with Crippen LogP contribution in [0.1, 0.15) is 20.8 Å². The summed E-state index contributed by atoms with van der Waals surface area (Å²) in [6.45, 7) is 6.19. The Morgan fingerprint density at radius 3 is 2.58 bits per heavy atom. The number of esters is 1. The largest absolute Gasteiger partial charge is 0.463 e. The number of rotatable bonds is 4. The number of ether oxygens (including phenoxy) is 1. The molecule has 1 unspecified atom stereocenters. The van der Waals surface area contributed by atoms with Crippen LogP contribution in [0, 0.1) is 0 Å². The van der Waals surface area contributed by atoms with E-state index in [0.717, 1.165) is 5.71 Å². The van der Waals surface area contributed by atoms with E-state index in [2.05, 4.69) is 4.99 Å². The number of nitrogens with zero attached hydrogens (tertiary/aromatic N) is 1. The van der Waals surface area contributed by atoms with Gasteiger partial charge >= 0.3 is 5.97 Å². The van der Waals surface area contributed by atoms with Crippen LogP contribution >= 0.6 is 11.6 Å². The molecule has 12 heavy (non-hydrogen) atoms. The molecule has 0 fully saturated rings. The first-order valence-electron chi connectivity index (χ1n) is 3.82. The van der Waals surface area contributed by atoms with Crippen molar-refractivity contribution in [1.29, 1.82) is 0 Å². The van der Waals surface area contributed by atoms with Gasteiger partial charge in [-0.2, -0.15) is 0 Å². The van der Waals surface area contributed by atoms with Gasteiger partial charge in [0.2, 0.25) is 0 Å². The molecule has 0 rings (SSSR count). The molecule has 0 saturated heterocycles. The molecule has 0 saturated carbocycles. The fourth-order valence-electron chi connectivity index (χ4n) is 0.530. The smallest absolute Gasteiger partial charge is 0.323 e. The fourth-order valence-corrected chi connectivity index (χ4v) is 0.593. The second-order valence-corrected chi connectivity index (χ2v) is 3.27. The van der Waals surface area contributed by atoms with Gasteiger partial charge in [0.25, 0.3) is 0 Å². The minimum Gasteiger partial charge on any atom is -0.463 e. The second-order valence-electron chi connectivity index (χ2n) is 2.61. The summed E-state index contributed by atoms with van der Waals surface area (Å²) >= 11 is 5.46. The molecule has 0 radical (unpaired) electrons. The van der Waals surface area contributed by atoms with E-state index in [9.17, 15) is 4.79 Å². The van der Waals surface area contributed by atoms with E-state index < -0.39 is 5.38 Å². The van der Waals surface area contributed by atoms with Gasteiger partial charge < -0.3 is 4.74 Å². The molecule has 70 valence electrons. The van der Waals surface area contributed by atoms with E-state index in [-0.39, 0.29) is 5.97 Å². The van der Waals surface area contributed by atoms with Crippen LogP contribution < -0.4 is 0 Å². The number of halogens is 1. The Morgan fingerprint density at radius 1 is 1.58 bits per heavy atom. The van der Waals surface area contributed by atoms with Gasteiger partial charge in [-0.1, -0.05) is 0 Å². The van der Waals surface area contributed by atoms with Crippen molar-refractivity contribution in [2.24, 2.45) is 4.99 Å². The summed E-state index contributed by atoms with van der Waals surface area (Å²) in [6, 6.07) is 0. The summed E-state index contributed by atoms with van der Waals surface area (Å²) in [5, 5.41) is -0.572. The molecule has 0 aromatic carbocycles. The van der Waals surface area contributed by atoms with Gasteiger partial charge in [0.1, 0.15) is 12.0 Å². The van der Waals surface area contributed by atoms with Gasteiger partial charge in [0, 0.05) is 5.71 Å². The molecule has 3 nitrogen and oxygen atoms in total. The second kappa shape index (κ2) is 6.00. The van der Waals surface area contributed by atoms with Crippen molar-refractivity contribution in [3.05, 3.63) is 0 Å². The third kappa shape index (κ3) is 6.16. The maximum Gasteiger partial charge on any atom is 0.323 e. The Labute approximate surface area is 77.8 Å². The lowest BCUT2D eigenvalue weighted by Gasteiger charge is -2.03. The highest BCUT2D eigenvalue weighted by molar-refractivity contribution is 6.29. The van der Waals surface area contributed by atoms with Crippen molar-refractivity contribution in [1.82, 2.24) is 0 Å². The number of hydrogen-bond donors (Lipinski definition) is 0. The summed E-state index contributed by atoms with van der Waals surface area (Å²) < 4.78 is 4.78. The fraction of sp³-hybridized carbons (Fsp3) is 0.750. The van der Waals surface area contributed by atoms with E-state index in [1.54, 1.807) is 6.92 Å². The van der Waals surface area contributed by atoms with Crippen LogP contribution in [0.25, 0.3) is 0 Å².